The summed E-state index contributed by atoms with van der Waals surface area (Å²) in [6.07, 6.45) is 2.78. The van der Waals surface area contributed by atoms with E-state index in [0.717, 1.165) is 43.1 Å². The molecule has 5 heteroatoms. The molecule has 16 heavy (non-hydrogen) atoms. The van der Waals surface area contributed by atoms with Gasteiger partial charge in [0, 0.05) is 25.7 Å². The van der Waals surface area contributed by atoms with Crippen molar-refractivity contribution in [1.29, 1.82) is 0 Å². The molecule has 0 aromatic carbocycles. The van der Waals surface area contributed by atoms with Crippen molar-refractivity contribution in [3.8, 4) is 0 Å². The standard InChI is InChI=1S/C11H14N4O/c1-2-9-11(13-3-1)15-10(14-9)6-8-7-12-4-5-16-8/h1-3,8,12H,4-7H2,(H,13,14,15). The van der Waals surface area contributed by atoms with Gasteiger partial charge < -0.3 is 15.0 Å². The number of pyridine rings is 1. The molecular formula is C11H14N4O. The van der Waals surface area contributed by atoms with Crippen molar-refractivity contribution in [2.45, 2.75) is 12.5 Å². The van der Waals surface area contributed by atoms with Gasteiger partial charge in [0.15, 0.2) is 5.65 Å². The molecule has 2 N–H and O–H groups in total. The second kappa shape index (κ2) is 4.19. The summed E-state index contributed by atoms with van der Waals surface area (Å²) in [5, 5.41) is 3.31. The summed E-state index contributed by atoms with van der Waals surface area (Å²) in [7, 11) is 0. The average molecular weight is 218 g/mol. The number of H-pyrrole nitrogens is 1. The van der Waals surface area contributed by atoms with Crippen LogP contribution in [0.2, 0.25) is 0 Å². The lowest BCUT2D eigenvalue weighted by atomic mass is 10.2. The summed E-state index contributed by atoms with van der Waals surface area (Å²) in [6, 6.07) is 3.89. The quantitative estimate of drug-likeness (QED) is 0.770. The first-order valence-corrected chi connectivity index (χ1v) is 5.54. The van der Waals surface area contributed by atoms with Crippen LogP contribution in [0.15, 0.2) is 18.3 Å². The van der Waals surface area contributed by atoms with Crippen LogP contribution in [0, 0.1) is 0 Å². The van der Waals surface area contributed by atoms with Gasteiger partial charge in [-0.1, -0.05) is 0 Å². The Bertz CT molecular complexity index is 443. The van der Waals surface area contributed by atoms with Crippen LogP contribution < -0.4 is 5.32 Å². The summed E-state index contributed by atoms with van der Waals surface area (Å²) in [6.45, 7) is 2.62. The number of rotatable bonds is 2. The minimum Gasteiger partial charge on any atom is -0.375 e. The first-order valence-electron chi connectivity index (χ1n) is 5.54. The van der Waals surface area contributed by atoms with E-state index in [1.165, 1.54) is 0 Å². The Morgan fingerprint density at radius 2 is 2.50 bits per heavy atom. The maximum atomic E-state index is 5.63. The highest BCUT2D eigenvalue weighted by atomic mass is 16.5. The molecule has 3 heterocycles. The molecule has 1 atom stereocenters. The molecule has 84 valence electrons. The summed E-state index contributed by atoms with van der Waals surface area (Å²) in [4.78, 5) is 11.9. The molecule has 0 aliphatic carbocycles. The van der Waals surface area contributed by atoms with Gasteiger partial charge in [0.1, 0.15) is 5.82 Å². The van der Waals surface area contributed by atoms with Crippen LogP contribution in [-0.2, 0) is 11.2 Å². The number of imidazole rings is 1. The predicted molar refractivity (Wildman–Crippen MR) is 60.2 cm³/mol. The lowest BCUT2D eigenvalue weighted by molar-refractivity contribution is 0.0282. The highest BCUT2D eigenvalue weighted by Crippen LogP contribution is 2.10. The van der Waals surface area contributed by atoms with Crippen molar-refractivity contribution in [2.75, 3.05) is 19.7 Å². The Morgan fingerprint density at radius 3 is 3.31 bits per heavy atom. The fraction of sp³-hybridized carbons (Fsp3) is 0.455. The zero-order chi connectivity index (χ0) is 10.8. The number of ether oxygens (including phenoxy) is 1. The SMILES string of the molecule is c1cnc2nc(CC3CNCCO3)[nH]c2c1. The van der Waals surface area contributed by atoms with Crippen molar-refractivity contribution in [1.82, 2.24) is 20.3 Å². The Morgan fingerprint density at radius 1 is 1.50 bits per heavy atom. The monoisotopic (exact) mass is 218 g/mol. The van der Waals surface area contributed by atoms with Crippen molar-refractivity contribution in [2.24, 2.45) is 0 Å². The van der Waals surface area contributed by atoms with E-state index >= 15 is 0 Å². The van der Waals surface area contributed by atoms with Crippen LogP contribution in [0.4, 0.5) is 0 Å². The summed E-state index contributed by atoms with van der Waals surface area (Å²) in [5.41, 5.74) is 1.77. The van der Waals surface area contributed by atoms with Gasteiger partial charge in [-0.15, -0.1) is 0 Å². The Balaban J connectivity index is 1.78. The topological polar surface area (TPSA) is 62.8 Å². The minimum atomic E-state index is 0.217. The lowest BCUT2D eigenvalue weighted by Gasteiger charge is -2.22. The number of morpholine rings is 1. The molecule has 0 spiro atoms. The van der Waals surface area contributed by atoms with Gasteiger partial charge in [-0.3, -0.25) is 0 Å². The Labute approximate surface area is 93.2 Å². The molecule has 2 aromatic heterocycles. The van der Waals surface area contributed by atoms with Crippen LogP contribution in [0.3, 0.4) is 0 Å². The molecule has 1 aliphatic heterocycles. The Kier molecular flexibility index (Phi) is 2.55. The van der Waals surface area contributed by atoms with Crippen molar-refractivity contribution < 1.29 is 4.74 Å². The fourth-order valence-corrected chi connectivity index (χ4v) is 1.96. The highest BCUT2D eigenvalue weighted by Gasteiger charge is 2.15. The summed E-state index contributed by atoms with van der Waals surface area (Å²) in [5.74, 6) is 0.947. The minimum absolute atomic E-state index is 0.217. The molecule has 1 aliphatic rings. The maximum absolute atomic E-state index is 5.63. The van der Waals surface area contributed by atoms with E-state index in [2.05, 4.69) is 20.3 Å². The molecule has 2 aromatic rings. The molecular weight excluding hydrogens is 204 g/mol. The molecule has 1 unspecified atom stereocenters. The number of nitrogens with one attached hydrogen (secondary N) is 2. The summed E-state index contributed by atoms with van der Waals surface area (Å²) >= 11 is 0. The molecule has 0 radical (unpaired) electrons. The molecule has 1 fully saturated rings. The second-order valence-corrected chi connectivity index (χ2v) is 3.96. The lowest BCUT2D eigenvalue weighted by Crippen LogP contribution is -2.39. The van der Waals surface area contributed by atoms with Gasteiger partial charge in [-0.05, 0) is 12.1 Å². The average Bonchev–Trinajstić information content (AvgIpc) is 2.72. The number of fused-ring (bicyclic) bond motifs is 1. The van der Waals surface area contributed by atoms with Gasteiger partial charge in [-0.25, -0.2) is 9.97 Å². The van der Waals surface area contributed by atoms with Crippen LogP contribution in [0.5, 0.6) is 0 Å². The molecule has 0 bridgehead atoms. The number of hydrogen-bond acceptors (Lipinski definition) is 4. The normalized spacial score (nSPS) is 21.4. The highest BCUT2D eigenvalue weighted by molar-refractivity contribution is 5.69. The molecule has 1 saturated heterocycles. The van der Waals surface area contributed by atoms with Crippen LogP contribution in [0.25, 0.3) is 11.2 Å². The zero-order valence-corrected chi connectivity index (χ0v) is 8.94. The Hall–Kier alpha value is -1.46. The number of aromatic nitrogens is 3. The van der Waals surface area contributed by atoms with Crippen LogP contribution >= 0.6 is 0 Å². The van der Waals surface area contributed by atoms with E-state index < -0.39 is 0 Å². The van der Waals surface area contributed by atoms with Gasteiger partial charge in [0.05, 0.1) is 18.2 Å². The van der Waals surface area contributed by atoms with E-state index in [0.29, 0.717) is 0 Å². The van der Waals surface area contributed by atoms with Gasteiger partial charge in [-0.2, -0.15) is 0 Å². The van der Waals surface area contributed by atoms with E-state index in [1.807, 2.05) is 12.1 Å². The fourth-order valence-electron chi connectivity index (χ4n) is 1.96. The number of nitrogens with zero attached hydrogens (tertiary/aromatic N) is 2. The smallest absolute Gasteiger partial charge is 0.177 e. The first-order chi connectivity index (χ1) is 7.92. The third-order valence-electron chi connectivity index (χ3n) is 2.73. The van der Waals surface area contributed by atoms with Crippen molar-refractivity contribution in [3.63, 3.8) is 0 Å². The number of hydrogen-bond donors (Lipinski definition) is 2. The summed E-state index contributed by atoms with van der Waals surface area (Å²) < 4.78 is 5.63. The zero-order valence-electron chi connectivity index (χ0n) is 8.94. The third kappa shape index (κ3) is 1.91. The van der Waals surface area contributed by atoms with E-state index in [4.69, 9.17) is 4.74 Å². The predicted octanol–water partition coefficient (Wildman–Crippen LogP) is 0.489. The first kappa shape index (κ1) is 9.74. The van der Waals surface area contributed by atoms with E-state index in [9.17, 15) is 0 Å². The second-order valence-electron chi connectivity index (χ2n) is 3.96. The van der Waals surface area contributed by atoms with E-state index in [-0.39, 0.29) is 6.10 Å². The molecule has 3 rings (SSSR count). The van der Waals surface area contributed by atoms with Crippen LogP contribution in [0.1, 0.15) is 5.82 Å². The number of aromatic amines is 1. The van der Waals surface area contributed by atoms with Gasteiger partial charge >= 0.3 is 0 Å². The van der Waals surface area contributed by atoms with Crippen LogP contribution in [-0.4, -0.2) is 40.8 Å². The third-order valence-corrected chi connectivity index (χ3v) is 2.73. The van der Waals surface area contributed by atoms with Crippen molar-refractivity contribution in [3.05, 3.63) is 24.2 Å². The van der Waals surface area contributed by atoms with E-state index in [1.54, 1.807) is 6.20 Å². The van der Waals surface area contributed by atoms with Gasteiger partial charge in [0.2, 0.25) is 0 Å². The maximum Gasteiger partial charge on any atom is 0.177 e. The van der Waals surface area contributed by atoms with Gasteiger partial charge in [0.25, 0.3) is 0 Å². The molecule has 0 amide bonds. The molecule has 0 saturated carbocycles. The van der Waals surface area contributed by atoms with Crippen molar-refractivity contribution >= 4 is 11.2 Å². The molecule has 5 nitrogen and oxygen atoms in total. The largest absolute Gasteiger partial charge is 0.375 e.